The predicted octanol–water partition coefficient (Wildman–Crippen LogP) is -0.391. The lowest BCUT2D eigenvalue weighted by atomic mass is 10.1. The van der Waals surface area contributed by atoms with Crippen LogP contribution in [0.4, 0.5) is 4.79 Å². The summed E-state index contributed by atoms with van der Waals surface area (Å²) in [4.78, 5) is 34.3. The lowest BCUT2D eigenvalue weighted by Gasteiger charge is -2.09. The molecule has 0 spiro atoms. The van der Waals surface area contributed by atoms with E-state index in [1.165, 1.54) is 6.42 Å². The largest absolute Gasteiger partial charge is 0.349 e. The fourth-order valence-electron chi connectivity index (χ4n) is 2.88. The summed E-state index contributed by atoms with van der Waals surface area (Å²) in [6.07, 6.45) is 4.78. The van der Waals surface area contributed by atoms with Crippen molar-refractivity contribution in [2.45, 2.75) is 57.7 Å². The van der Waals surface area contributed by atoms with Gasteiger partial charge in [-0.3, -0.25) is 14.9 Å². The van der Waals surface area contributed by atoms with Gasteiger partial charge in [0.2, 0.25) is 5.91 Å². The summed E-state index contributed by atoms with van der Waals surface area (Å²) in [5.74, 6) is 1.19. The summed E-state index contributed by atoms with van der Waals surface area (Å²) in [6.45, 7) is 1.22. The van der Waals surface area contributed by atoms with Crippen molar-refractivity contribution in [3.8, 4) is 0 Å². The minimum atomic E-state index is -0.627. The average molecular weight is 320 g/mol. The molecule has 0 saturated carbocycles. The van der Waals surface area contributed by atoms with Gasteiger partial charge in [-0.15, -0.1) is 10.2 Å². The molecule has 2 aliphatic rings. The zero-order valence-electron chi connectivity index (χ0n) is 12.8. The van der Waals surface area contributed by atoms with E-state index in [0.29, 0.717) is 6.54 Å². The average Bonchev–Trinajstić information content (AvgIpc) is 2.96. The zero-order valence-corrected chi connectivity index (χ0v) is 12.8. The Morgan fingerprint density at radius 1 is 1.26 bits per heavy atom. The first-order valence-electron chi connectivity index (χ1n) is 7.92. The van der Waals surface area contributed by atoms with E-state index in [0.717, 1.165) is 37.5 Å². The van der Waals surface area contributed by atoms with Crippen molar-refractivity contribution in [2.75, 3.05) is 0 Å². The maximum absolute atomic E-state index is 11.9. The minimum Gasteiger partial charge on any atom is -0.349 e. The third-order valence-electron chi connectivity index (χ3n) is 4.15. The number of urea groups is 1. The Kier molecular flexibility index (Phi) is 4.54. The lowest BCUT2D eigenvalue weighted by Crippen LogP contribution is -2.32. The van der Waals surface area contributed by atoms with Crippen molar-refractivity contribution in [2.24, 2.45) is 0 Å². The summed E-state index contributed by atoms with van der Waals surface area (Å²) in [5.41, 5.74) is 0. The molecule has 0 aromatic carbocycles. The van der Waals surface area contributed by atoms with Gasteiger partial charge in [-0.2, -0.15) is 0 Å². The molecule has 0 bridgehead atoms. The highest BCUT2D eigenvalue weighted by molar-refractivity contribution is 6.04. The van der Waals surface area contributed by atoms with E-state index in [1.807, 2.05) is 0 Å². The first-order valence-corrected chi connectivity index (χ1v) is 7.92. The number of fused-ring (bicyclic) bond motifs is 1. The molecule has 3 heterocycles. The van der Waals surface area contributed by atoms with Crippen LogP contribution in [0.1, 0.15) is 43.8 Å². The molecule has 1 atom stereocenters. The topological polar surface area (TPSA) is 118 Å². The van der Waals surface area contributed by atoms with Gasteiger partial charge in [0.1, 0.15) is 11.9 Å². The van der Waals surface area contributed by atoms with Gasteiger partial charge in [-0.25, -0.2) is 4.79 Å². The molecule has 124 valence electrons. The van der Waals surface area contributed by atoms with E-state index in [9.17, 15) is 14.4 Å². The van der Waals surface area contributed by atoms with Crippen LogP contribution in [0.3, 0.4) is 0 Å². The Balaban J connectivity index is 1.47. The van der Waals surface area contributed by atoms with Crippen molar-refractivity contribution in [1.29, 1.82) is 0 Å². The number of imide groups is 1. The van der Waals surface area contributed by atoms with Crippen LogP contribution in [0.2, 0.25) is 0 Å². The molecular weight excluding hydrogens is 300 g/mol. The van der Waals surface area contributed by atoms with Crippen LogP contribution in [-0.4, -0.2) is 38.7 Å². The number of aryl methyl sites for hydroxylation is 1. The van der Waals surface area contributed by atoms with Crippen molar-refractivity contribution in [3.05, 3.63) is 11.6 Å². The molecule has 1 aromatic heterocycles. The first-order chi connectivity index (χ1) is 11.1. The van der Waals surface area contributed by atoms with Crippen LogP contribution in [0.15, 0.2) is 0 Å². The Labute approximate surface area is 133 Å². The Bertz CT molecular complexity index is 626. The van der Waals surface area contributed by atoms with E-state index in [-0.39, 0.29) is 24.7 Å². The van der Waals surface area contributed by atoms with E-state index >= 15 is 0 Å². The molecule has 0 radical (unpaired) electrons. The number of nitrogens with zero attached hydrogens (tertiary/aromatic N) is 3. The van der Waals surface area contributed by atoms with Crippen LogP contribution < -0.4 is 16.0 Å². The third kappa shape index (κ3) is 3.66. The van der Waals surface area contributed by atoms with E-state index in [2.05, 4.69) is 30.7 Å². The van der Waals surface area contributed by atoms with Crippen molar-refractivity contribution in [1.82, 2.24) is 30.7 Å². The molecule has 9 heteroatoms. The van der Waals surface area contributed by atoms with Crippen LogP contribution >= 0.6 is 0 Å². The van der Waals surface area contributed by atoms with Gasteiger partial charge in [0.15, 0.2) is 5.82 Å². The maximum atomic E-state index is 11.9. The second-order valence-electron chi connectivity index (χ2n) is 5.83. The fraction of sp³-hybridized carbons (Fsp3) is 0.643. The van der Waals surface area contributed by atoms with Crippen LogP contribution in [-0.2, 0) is 29.1 Å². The molecule has 23 heavy (non-hydrogen) atoms. The molecule has 3 rings (SSSR count). The van der Waals surface area contributed by atoms with Crippen molar-refractivity contribution < 1.29 is 14.4 Å². The predicted molar refractivity (Wildman–Crippen MR) is 79.1 cm³/mol. The fourth-order valence-corrected chi connectivity index (χ4v) is 2.88. The van der Waals surface area contributed by atoms with Crippen LogP contribution in [0.5, 0.6) is 0 Å². The SMILES string of the molecule is O=C(CC[C@@H]1NC(=O)NC1=O)NCc1nnc2n1CCCCC2. The summed E-state index contributed by atoms with van der Waals surface area (Å²) in [7, 11) is 0. The van der Waals surface area contributed by atoms with Gasteiger partial charge in [0, 0.05) is 19.4 Å². The molecular formula is C14H20N6O3. The van der Waals surface area contributed by atoms with Crippen LogP contribution in [0.25, 0.3) is 0 Å². The molecule has 1 saturated heterocycles. The number of aromatic nitrogens is 3. The summed E-state index contributed by atoms with van der Waals surface area (Å²) in [5, 5.41) is 15.7. The highest BCUT2D eigenvalue weighted by Gasteiger charge is 2.29. The molecule has 0 unspecified atom stereocenters. The molecule has 3 N–H and O–H groups in total. The summed E-state index contributed by atoms with van der Waals surface area (Å²) in [6, 6.07) is -1.14. The maximum Gasteiger partial charge on any atom is 0.322 e. The number of rotatable bonds is 5. The highest BCUT2D eigenvalue weighted by atomic mass is 16.2. The highest BCUT2D eigenvalue weighted by Crippen LogP contribution is 2.14. The van der Waals surface area contributed by atoms with Crippen molar-refractivity contribution >= 4 is 17.8 Å². The number of carbonyl (C=O) groups is 3. The van der Waals surface area contributed by atoms with E-state index < -0.39 is 12.1 Å². The minimum absolute atomic E-state index is 0.166. The van der Waals surface area contributed by atoms with Gasteiger partial charge >= 0.3 is 6.03 Å². The third-order valence-corrected chi connectivity index (χ3v) is 4.15. The Morgan fingerprint density at radius 3 is 2.91 bits per heavy atom. The molecule has 0 aliphatic carbocycles. The van der Waals surface area contributed by atoms with Gasteiger partial charge in [0.25, 0.3) is 5.91 Å². The number of nitrogens with one attached hydrogen (secondary N) is 3. The lowest BCUT2D eigenvalue weighted by molar-refractivity contribution is -0.122. The number of hydrogen-bond acceptors (Lipinski definition) is 5. The molecule has 1 fully saturated rings. The van der Waals surface area contributed by atoms with E-state index in [4.69, 9.17) is 0 Å². The molecule has 9 nitrogen and oxygen atoms in total. The summed E-state index contributed by atoms with van der Waals surface area (Å²) < 4.78 is 2.08. The second-order valence-corrected chi connectivity index (χ2v) is 5.83. The molecule has 2 aliphatic heterocycles. The van der Waals surface area contributed by atoms with Gasteiger partial charge in [-0.05, 0) is 19.3 Å². The second kappa shape index (κ2) is 6.76. The monoisotopic (exact) mass is 320 g/mol. The number of carbonyl (C=O) groups excluding carboxylic acids is 3. The quantitative estimate of drug-likeness (QED) is 0.639. The standard InChI is InChI=1S/C14H20N6O3/c21-12(6-5-9-13(22)17-14(23)16-9)15-8-11-19-18-10-4-2-1-3-7-20(10)11/h9H,1-8H2,(H,15,21)(H2,16,17,22,23)/t9-/m0/s1. The first kappa shape index (κ1) is 15.4. The van der Waals surface area contributed by atoms with Gasteiger partial charge in [0.05, 0.1) is 6.54 Å². The number of amides is 4. The molecule has 4 amide bonds. The Hall–Kier alpha value is -2.45. The molecule has 1 aromatic rings. The Morgan fingerprint density at radius 2 is 2.13 bits per heavy atom. The number of hydrogen-bond donors (Lipinski definition) is 3. The van der Waals surface area contributed by atoms with Crippen LogP contribution in [0, 0.1) is 0 Å². The van der Waals surface area contributed by atoms with Crippen molar-refractivity contribution in [3.63, 3.8) is 0 Å². The summed E-state index contributed by atoms with van der Waals surface area (Å²) >= 11 is 0. The van der Waals surface area contributed by atoms with E-state index in [1.54, 1.807) is 0 Å². The van der Waals surface area contributed by atoms with Gasteiger partial charge in [-0.1, -0.05) is 6.42 Å². The zero-order chi connectivity index (χ0) is 16.2. The smallest absolute Gasteiger partial charge is 0.322 e. The normalized spacial score (nSPS) is 20.4. The van der Waals surface area contributed by atoms with Gasteiger partial charge < -0.3 is 15.2 Å².